The van der Waals surface area contributed by atoms with Crippen molar-refractivity contribution < 1.29 is 17.5 Å². The molecule has 5 nitrogen and oxygen atoms in total. The fourth-order valence-electron chi connectivity index (χ4n) is 1.32. The van der Waals surface area contributed by atoms with Crippen LogP contribution < -0.4 is 10.5 Å². The predicted octanol–water partition coefficient (Wildman–Crippen LogP) is 0.414. The maximum atomic E-state index is 13.1. The van der Waals surface area contributed by atoms with Crippen molar-refractivity contribution in [2.45, 2.75) is 4.90 Å². The van der Waals surface area contributed by atoms with Crippen molar-refractivity contribution in [3.05, 3.63) is 24.0 Å². The van der Waals surface area contributed by atoms with Crippen LogP contribution in [0.15, 0.2) is 23.1 Å². The number of nitrogens with zero attached hydrogens (tertiary/aromatic N) is 1. The van der Waals surface area contributed by atoms with E-state index >= 15 is 0 Å². The van der Waals surface area contributed by atoms with Crippen molar-refractivity contribution in [3.8, 4) is 5.75 Å². The summed E-state index contributed by atoms with van der Waals surface area (Å²) in [4.78, 5) is -0.198. The number of nitrogens with two attached hydrogens (primary N) is 1. The zero-order valence-corrected chi connectivity index (χ0v) is 10.5. The molecular weight excluding hydrogens is 247 g/mol. The molecule has 1 rings (SSSR count). The number of benzene rings is 1. The summed E-state index contributed by atoms with van der Waals surface area (Å²) in [5, 5.41) is 0. The van der Waals surface area contributed by atoms with Gasteiger partial charge in [-0.15, -0.1) is 0 Å². The summed E-state index contributed by atoms with van der Waals surface area (Å²) in [5.74, 6) is -0.527. The van der Waals surface area contributed by atoms with Crippen LogP contribution in [0.2, 0.25) is 0 Å². The van der Waals surface area contributed by atoms with E-state index in [-0.39, 0.29) is 23.7 Å². The first-order valence-corrected chi connectivity index (χ1v) is 6.37. The number of sulfonamides is 1. The fraction of sp³-hybridized carbons (Fsp3) is 0.400. The predicted molar refractivity (Wildman–Crippen MR) is 61.8 cm³/mol. The molecule has 0 radical (unpaired) electrons. The summed E-state index contributed by atoms with van der Waals surface area (Å²) >= 11 is 0. The summed E-state index contributed by atoms with van der Waals surface area (Å²) in [5.41, 5.74) is 5.29. The largest absolute Gasteiger partial charge is 0.495 e. The molecule has 0 unspecified atom stereocenters. The van der Waals surface area contributed by atoms with E-state index in [1.165, 1.54) is 20.2 Å². The summed E-state index contributed by atoms with van der Waals surface area (Å²) < 4.78 is 43.2. The number of likely N-dealkylation sites (N-methyl/N-ethyl adjacent to an activating group) is 1. The van der Waals surface area contributed by atoms with Crippen LogP contribution in [-0.4, -0.2) is 40.0 Å². The Hall–Kier alpha value is -1.18. The lowest BCUT2D eigenvalue weighted by Gasteiger charge is -2.17. The van der Waals surface area contributed by atoms with Gasteiger partial charge >= 0.3 is 0 Å². The second-order valence-electron chi connectivity index (χ2n) is 3.41. The lowest BCUT2D eigenvalue weighted by molar-refractivity contribution is 0.396. The normalized spacial score (nSPS) is 11.8. The molecule has 0 amide bonds. The Balaban J connectivity index is 3.27. The molecule has 0 aliphatic carbocycles. The van der Waals surface area contributed by atoms with E-state index in [0.29, 0.717) is 0 Å². The average Bonchev–Trinajstić information content (AvgIpc) is 2.29. The molecule has 0 aromatic heterocycles. The van der Waals surface area contributed by atoms with Crippen LogP contribution in [0.25, 0.3) is 0 Å². The van der Waals surface area contributed by atoms with Crippen molar-refractivity contribution in [1.29, 1.82) is 0 Å². The smallest absolute Gasteiger partial charge is 0.246 e. The Kier molecular flexibility index (Phi) is 4.44. The van der Waals surface area contributed by atoms with Crippen LogP contribution >= 0.6 is 0 Å². The SMILES string of the molecule is COc1ccc(F)cc1S(=O)(=O)N(C)CCN. The van der Waals surface area contributed by atoms with Crippen LogP contribution in [0.3, 0.4) is 0 Å². The van der Waals surface area contributed by atoms with Crippen molar-refractivity contribution in [3.63, 3.8) is 0 Å². The van der Waals surface area contributed by atoms with E-state index in [0.717, 1.165) is 16.4 Å². The first-order valence-electron chi connectivity index (χ1n) is 4.93. The van der Waals surface area contributed by atoms with Gasteiger partial charge in [0, 0.05) is 20.1 Å². The van der Waals surface area contributed by atoms with E-state index in [9.17, 15) is 12.8 Å². The summed E-state index contributed by atoms with van der Waals surface area (Å²) in [6.07, 6.45) is 0. The number of hydrogen-bond acceptors (Lipinski definition) is 4. The highest BCUT2D eigenvalue weighted by atomic mass is 32.2. The molecule has 1 aromatic rings. The van der Waals surface area contributed by atoms with Gasteiger partial charge in [-0.05, 0) is 18.2 Å². The maximum absolute atomic E-state index is 13.1. The second kappa shape index (κ2) is 5.44. The minimum Gasteiger partial charge on any atom is -0.495 e. The Morgan fingerprint density at radius 2 is 2.12 bits per heavy atom. The summed E-state index contributed by atoms with van der Waals surface area (Å²) in [6.45, 7) is 0.343. The average molecular weight is 262 g/mol. The second-order valence-corrected chi connectivity index (χ2v) is 5.42. The molecule has 1 aromatic carbocycles. The maximum Gasteiger partial charge on any atom is 0.246 e. The Morgan fingerprint density at radius 3 is 2.65 bits per heavy atom. The van der Waals surface area contributed by atoms with E-state index in [1.54, 1.807) is 0 Å². The van der Waals surface area contributed by atoms with Gasteiger partial charge in [0.15, 0.2) is 0 Å². The molecule has 0 spiro atoms. The summed E-state index contributed by atoms with van der Waals surface area (Å²) in [7, 11) is -1.07. The number of halogens is 1. The molecule has 0 aliphatic rings. The van der Waals surface area contributed by atoms with Gasteiger partial charge in [0.1, 0.15) is 16.5 Å². The number of hydrogen-bond donors (Lipinski definition) is 1. The van der Waals surface area contributed by atoms with Gasteiger partial charge in [-0.1, -0.05) is 0 Å². The van der Waals surface area contributed by atoms with Crippen molar-refractivity contribution in [2.75, 3.05) is 27.2 Å². The molecule has 17 heavy (non-hydrogen) atoms. The molecule has 96 valence electrons. The topological polar surface area (TPSA) is 72.6 Å². The Bertz CT molecular complexity index is 490. The highest BCUT2D eigenvalue weighted by molar-refractivity contribution is 7.89. The van der Waals surface area contributed by atoms with Crippen molar-refractivity contribution in [1.82, 2.24) is 4.31 Å². The van der Waals surface area contributed by atoms with Crippen molar-refractivity contribution >= 4 is 10.0 Å². The first-order chi connectivity index (χ1) is 7.93. The van der Waals surface area contributed by atoms with Gasteiger partial charge in [-0.25, -0.2) is 12.8 Å². The monoisotopic (exact) mass is 262 g/mol. The van der Waals surface area contributed by atoms with Gasteiger partial charge in [-0.3, -0.25) is 0 Å². The Morgan fingerprint density at radius 1 is 1.47 bits per heavy atom. The third-order valence-electron chi connectivity index (χ3n) is 2.26. The van der Waals surface area contributed by atoms with Gasteiger partial charge in [-0.2, -0.15) is 4.31 Å². The zero-order chi connectivity index (χ0) is 13.1. The van der Waals surface area contributed by atoms with Crippen LogP contribution in [0.5, 0.6) is 5.75 Å². The molecule has 0 aliphatic heterocycles. The van der Waals surface area contributed by atoms with Gasteiger partial charge in [0.05, 0.1) is 7.11 Å². The molecule has 0 heterocycles. The molecule has 0 saturated carbocycles. The molecule has 0 fully saturated rings. The standard InChI is InChI=1S/C10H15FN2O3S/c1-13(6-5-12)17(14,15)10-7-8(11)3-4-9(10)16-2/h3-4,7H,5-6,12H2,1-2H3. The number of ether oxygens (including phenoxy) is 1. The fourth-order valence-corrected chi connectivity index (χ4v) is 2.67. The molecule has 0 saturated heterocycles. The minimum absolute atomic E-state index is 0.107. The lowest BCUT2D eigenvalue weighted by atomic mass is 10.3. The third-order valence-corrected chi connectivity index (χ3v) is 4.14. The zero-order valence-electron chi connectivity index (χ0n) is 9.68. The van der Waals surface area contributed by atoms with Crippen LogP contribution in [-0.2, 0) is 10.0 Å². The van der Waals surface area contributed by atoms with Gasteiger partial charge in [0.2, 0.25) is 10.0 Å². The van der Waals surface area contributed by atoms with E-state index < -0.39 is 15.8 Å². The minimum atomic E-state index is -3.78. The molecule has 0 atom stereocenters. The lowest BCUT2D eigenvalue weighted by Crippen LogP contribution is -2.32. The Labute approximate surface area is 100 Å². The van der Waals surface area contributed by atoms with Crippen molar-refractivity contribution in [2.24, 2.45) is 5.73 Å². The van der Waals surface area contributed by atoms with Gasteiger partial charge < -0.3 is 10.5 Å². The molecular formula is C10H15FN2O3S. The highest BCUT2D eigenvalue weighted by Crippen LogP contribution is 2.26. The van der Waals surface area contributed by atoms with E-state index in [1.807, 2.05) is 0 Å². The summed E-state index contributed by atoms with van der Waals surface area (Å²) in [6, 6.07) is 3.35. The van der Waals surface area contributed by atoms with Gasteiger partial charge in [0.25, 0.3) is 0 Å². The number of methoxy groups -OCH3 is 1. The third kappa shape index (κ3) is 2.93. The highest BCUT2D eigenvalue weighted by Gasteiger charge is 2.24. The van der Waals surface area contributed by atoms with Crippen LogP contribution in [0.1, 0.15) is 0 Å². The van der Waals surface area contributed by atoms with E-state index in [4.69, 9.17) is 10.5 Å². The quantitative estimate of drug-likeness (QED) is 0.834. The molecule has 2 N–H and O–H groups in total. The molecule has 7 heteroatoms. The van der Waals surface area contributed by atoms with Crippen LogP contribution in [0, 0.1) is 5.82 Å². The first kappa shape index (κ1) is 13.9. The molecule has 0 bridgehead atoms. The van der Waals surface area contributed by atoms with E-state index in [2.05, 4.69) is 0 Å². The number of rotatable bonds is 5. The van der Waals surface area contributed by atoms with Crippen LogP contribution in [0.4, 0.5) is 4.39 Å².